The van der Waals surface area contributed by atoms with Crippen LogP contribution in [0.1, 0.15) is 76.6 Å². The van der Waals surface area contributed by atoms with Gasteiger partial charge < -0.3 is 44.3 Å². The molecule has 58 heavy (non-hydrogen) atoms. The van der Waals surface area contributed by atoms with E-state index in [1.165, 1.54) is 14.2 Å². The van der Waals surface area contributed by atoms with Crippen LogP contribution in [0.3, 0.4) is 0 Å². The summed E-state index contributed by atoms with van der Waals surface area (Å²) in [6, 6.07) is 14.2. The molecule has 5 aromatic rings. The Labute approximate surface area is 350 Å². The zero-order valence-electron chi connectivity index (χ0n) is 33.2. The molecule has 16 heteroatoms. The third-order valence-electron chi connectivity index (χ3n) is 11.3. The van der Waals surface area contributed by atoms with Crippen molar-refractivity contribution in [3.8, 4) is 33.8 Å². The molecule has 306 valence electrons. The third kappa shape index (κ3) is 8.42. The van der Waals surface area contributed by atoms with E-state index in [-0.39, 0.29) is 33.7 Å². The number of carbonyl (C=O) groups is 4. The molecular formula is C42H49IN8O7. The Balaban J connectivity index is 1.03. The number of aromatic amines is 2. The molecule has 0 unspecified atom stereocenters. The van der Waals surface area contributed by atoms with Crippen LogP contribution in [0.15, 0.2) is 65.3 Å². The average Bonchev–Trinajstić information content (AvgIpc) is 4.09. The number of furan rings is 1. The number of aromatic nitrogens is 4. The molecule has 2 saturated heterocycles. The van der Waals surface area contributed by atoms with Crippen LogP contribution in [0.2, 0.25) is 0 Å². The van der Waals surface area contributed by atoms with Gasteiger partial charge in [-0.2, -0.15) is 0 Å². The maximum atomic E-state index is 13.7. The van der Waals surface area contributed by atoms with Gasteiger partial charge in [0.2, 0.25) is 11.8 Å². The lowest BCUT2D eigenvalue weighted by atomic mass is 9.97. The van der Waals surface area contributed by atoms with Crippen molar-refractivity contribution < 1.29 is 33.1 Å². The van der Waals surface area contributed by atoms with Crippen molar-refractivity contribution in [2.24, 2.45) is 5.92 Å². The smallest absolute Gasteiger partial charge is 0.407 e. The summed E-state index contributed by atoms with van der Waals surface area (Å²) < 4.78 is 15.7. The lowest BCUT2D eigenvalue weighted by molar-refractivity contribution is -0.136. The summed E-state index contributed by atoms with van der Waals surface area (Å²) in [4.78, 5) is 71.2. The van der Waals surface area contributed by atoms with Gasteiger partial charge in [-0.3, -0.25) is 9.59 Å². The van der Waals surface area contributed by atoms with E-state index in [9.17, 15) is 19.2 Å². The number of hydrogen-bond donors (Lipinski definition) is 4. The molecule has 4 N–H and O–H groups in total. The number of likely N-dealkylation sites (tertiary alicyclic amines) is 2. The van der Waals surface area contributed by atoms with Crippen molar-refractivity contribution in [1.29, 1.82) is 0 Å². The van der Waals surface area contributed by atoms with E-state index in [4.69, 9.17) is 18.9 Å². The minimum absolute atomic E-state index is 0.0644. The van der Waals surface area contributed by atoms with Crippen LogP contribution in [0.25, 0.3) is 44.8 Å². The first-order chi connectivity index (χ1) is 28.0. The maximum absolute atomic E-state index is 13.7. The van der Waals surface area contributed by atoms with Crippen molar-refractivity contribution in [2.45, 2.75) is 81.0 Å². The number of ether oxygens (including phenoxy) is 2. The number of benzene rings is 2. The van der Waals surface area contributed by atoms with E-state index in [1.807, 2.05) is 68.1 Å². The van der Waals surface area contributed by atoms with Crippen LogP contribution >= 0.6 is 22.6 Å². The molecule has 2 aliphatic heterocycles. The molecule has 6 atom stereocenters. The van der Waals surface area contributed by atoms with Gasteiger partial charge in [-0.25, -0.2) is 19.6 Å². The fourth-order valence-electron chi connectivity index (χ4n) is 7.89. The van der Waals surface area contributed by atoms with Gasteiger partial charge >= 0.3 is 12.2 Å². The Bertz CT molecular complexity index is 2270. The van der Waals surface area contributed by atoms with E-state index in [0.717, 1.165) is 76.9 Å². The molecule has 7 rings (SSSR count). The molecule has 0 saturated carbocycles. The van der Waals surface area contributed by atoms with Gasteiger partial charge in [0.15, 0.2) is 0 Å². The molecule has 5 heterocycles. The summed E-state index contributed by atoms with van der Waals surface area (Å²) in [5.41, 5.74) is 5.20. The number of nitrogens with one attached hydrogen (secondary N) is 4. The molecule has 4 amide bonds. The third-order valence-corrected chi connectivity index (χ3v) is 12.0. The number of rotatable bonds is 12. The largest absolute Gasteiger partial charge is 0.456 e. The molecule has 0 radical (unpaired) electrons. The summed E-state index contributed by atoms with van der Waals surface area (Å²) in [6.07, 6.45) is 6.26. The summed E-state index contributed by atoms with van der Waals surface area (Å²) in [7, 11) is 2.58. The number of carbonyl (C=O) groups excluding carboxylic acids is 4. The van der Waals surface area contributed by atoms with Crippen LogP contribution in [0.4, 0.5) is 9.59 Å². The van der Waals surface area contributed by atoms with Crippen molar-refractivity contribution in [2.75, 3.05) is 27.3 Å². The van der Waals surface area contributed by atoms with Gasteiger partial charge in [0.05, 0.1) is 50.1 Å². The van der Waals surface area contributed by atoms with E-state index < -0.39 is 24.3 Å². The number of hydrogen-bond acceptors (Lipinski definition) is 9. The zero-order valence-corrected chi connectivity index (χ0v) is 35.4. The first-order valence-corrected chi connectivity index (χ1v) is 20.9. The molecular weight excluding hydrogens is 855 g/mol. The number of fused-ring (bicyclic) bond motifs is 1. The van der Waals surface area contributed by atoms with Crippen LogP contribution in [0, 0.1) is 5.92 Å². The number of H-pyrrole nitrogens is 2. The Morgan fingerprint density at radius 1 is 0.793 bits per heavy atom. The lowest BCUT2D eigenvalue weighted by Gasteiger charge is -2.30. The van der Waals surface area contributed by atoms with Crippen molar-refractivity contribution in [1.82, 2.24) is 40.4 Å². The van der Waals surface area contributed by atoms with Crippen molar-refractivity contribution in [3.63, 3.8) is 0 Å². The first-order valence-electron chi connectivity index (χ1n) is 19.7. The summed E-state index contributed by atoms with van der Waals surface area (Å²) >= 11 is 2.15. The Hall–Kier alpha value is -5.39. The fraction of sp³-hybridized carbons (Fsp3) is 0.429. The quantitative estimate of drug-likeness (QED) is 0.0725. The van der Waals surface area contributed by atoms with Crippen LogP contribution in [-0.4, -0.2) is 97.1 Å². The molecule has 0 spiro atoms. The summed E-state index contributed by atoms with van der Waals surface area (Å²) in [5.74, 6) is 1.79. The van der Waals surface area contributed by atoms with E-state index in [1.54, 1.807) is 17.3 Å². The minimum Gasteiger partial charge on any atom is -0.456 e. The van der Waals surface area contributed by atoms with Crippen LogP contribution in [0.5, 0.6) is 0 Å². The number of amides is 4. The van der Waals surface area contributed by atoms with Gasteiger partial charge in [0.1, 0.15) is 35.1 Å². The molecule has 3 aromatic heterocycles. The topological polar surface area (TPSA) is 188 Å². The lowest BCUT2D eigenvalue weighted by Crippen LogP contribution is -2.52. The second-order valence-electron chi connectivity index (χ2n) is 15.0. The molecule has 0 aliphatic carbocycles. The van der Waals surface area contributed by atoms with E-state index in [2.05, 4.69) is 54.2 Å². The Morgan fingerprint density at radius 2 is 1.31 bits per heavy atom. The van der Waals surface area contributed by atoms with Crippen molar-refractivity contribution in [3.05, 3.63) is 72.6 Å². The minimum atomic E-state index is -0.710. The summed E-state index contributed by atoms with van der Waals surface area (Å²) in [6.45, 7) is 6.99. The highest BCUT2D eigenvalue weighted by Gasteiger charge is 2.39. The van der Waals surface area contributed by atoms with Gasteiger partial charge in [-0.05, 0) is 61.4 Å². The fourth-order valence-corrected chi connectivity index (χ4v) is 8.37. The average molecular weight is 905 g/mol. The highest BCUT2D eigenvalue weighted by molar-refractivity contribution is 14.1. The van der Waals surface area contributed by atoms with Gasteiger partial charge in [-0.15, -0.1) is 0 Å². The normalized spacial score (nSPS) is 18.8. The molecule has 2 aromatic carbocycles. The van der Waals surface area contributed by atoms with Gasteiger partial charge in [-0.1, -0.05) is 74.0 Å². The van der Waals surface area contributed by atoms with Crippen LogP contribution < -0.4 is 10.6 Å². The zero-order chi connectivity index (χ0) is 41.1. The van der Waals surface area contributed by atoms with E-state index >= 15 is 0 Å². The predicted molar refractivity (Wildman–Crippen MR) is 226 cm³/mol. The second-order valence-corrected chi connectivity index (χ2v) is 16.9. The number of methoxy groups -OCH3 is 2. The highest BCUT2D eigenvalue weighted by atomic mass is 127. The van der Waals surface area contributed by atoms with Gasteiger partial charge in [0.25, 0.3) is 0 Å². The Kier molecular flexibility index (Phi) is 12.4. The first kappa shape index (κ1) is 40.8. The van der Waals surface area contributed by atoms with Crippen LogP contribution in [-0.2, 0) is 19.1 Å². The van der Waals surface area contributed by atoms with Crippen molar-refractivity contribution >= 4 is 57.6 Å². The molecule has 0 bridgehead atoms. The SMILES string of the molecule is CC[C@@H](C)[C@H](NC(=O)OC)C(=O)N1CCC[C@H]1c1ncc(-c2ccc3oc(-c4ccc(-c5cnc([C@@H]6CCCN6C(=O)[C@@H](NC(=O)OC)[C@H](C)I)[nH]5)cc4)cc3c2)[nH]1. The maximum Gasteiger partial charge on any atom is 0.407 e. The Morgan fingerprint density at radius 3 is 1.86 bits per heavy atom. The summed E-state index contributed by atoms with van der Waals surface area (Å²) in [5, 5.41) is 6.37. The standard InChI is InChI=1S/C42H49IN8O7/c1-6-23(2)35(48-41(54)56-4)39(52)50-17-7-9-31(50)38-45-22-30(47-38)27-15-16-33-28(19-27)20-34(58-33)26-13-11-25(12-14-26)29-21-44-37(46-29)32-10-8-18-51(32)40(53)36(24(3)43)49-42(55)57-5/h11-16,19-24,31-32,35-36H,6-10,17-18H2,1-5H3,(H,44,46)(H,45,47)(H,48,54)(H,49,55)/t23-,24+,31+,32+,35+,36+/m1/s1. The number of halogens is 1. The molecule has 2 aliphatic rings. The predicted octanol–water partition coefficient (Wildman–Crippen LogP) is 7.53. The van der Waals surface area contributed by atoms with E-state index in [0.29, 0.717) is 24.7 Å². The van der Waals surface area contributed by atoms with Gasteiger partial charge in [0, 0.05) is 33.5 Å². The number of alkyl halides is 1. The number of nitrogens with zero attached hydrogens (tertiary/aromatic N) is 4. The highest BCUT2D eigenvalue weighted by Crippen LogP contribution is 2.36. The number of imidazole rings is 2. The molecule has 2 fully saturated rings. The second kappa shape index (κ2) is 17.6. The number of alkyl carbamates (subject to hydrolysis) is 2. The monoisotopic (exact) mass is 904 g/mol. The molecule has 15 nitrogen and oxygen atoms in total.